The third-order valence-electron chi connectivity index (χ3n) is 4.22. The van der Waals surface area contributed by atoms with E-state index in [0.717, 1.165) is 36.1 Å². The van der Waals surface area contributed by atoms with Gasteiger partial charge in [-0.25, -0.2) is 0 Å². The second-order valence-electron chi connectivity index (χ2n) is 5.65. The zero-order chi connectivity index (χ0) is 16.6. The van der Waals surface area contributed by atoms with Gasteiger partial charge in [0, 0.05) is 4.88 Å². The number of primary amides is 1. The largest absolute Gasteiger partial charge is 0.444 e. The average Bonchev–Trinajstić information content (AvgIpc) is 3.09. The van der Waals surface area contributed by atoms with Crippen molar-refractivity contribution in [2.75, 3.05) is 5.32 Å². The minimum Gasteiger partial charge on any atom is -0.444 e. The van der Waals surface area contributed by atoms with Gasteiger partial charge >= 0.3 is 0 Å². The summed E-state index contributed by atoms with van der Waals surface area (Å²) in [6, 6.07) is 3.22. The fraction of sp³-hybridized carbons (Fsp3) is 0.375. The number of nitrogens with one attached hydrogen (secondary N) is 1. The second kappa shape index (κ2) is 6.49. The monoisotopic (exact) mass is 396 g/mol. The van der Waals surface area contributed by atoms with Crippen LogP contribution >= 0.6 is 27.3 Å². The van der Waals surface area contributed by atoms with Crippen LogP contribution < -0.4 is 11.1 Å². The molecule has 1 aliphatic carbocycles. The van der Waals surface area contributed by atoms with Crippen LogP contribution in [0.2, 0.25) is 0 Å². The van der Waals surface area contributed by atoms with Gasteiger partial charge in [-0.2, -0.15) is 0 Å². The number of halogens is 1. The van der Waals surface area contributed by atoms with Crippen molar-refractivity contribution < 1.29 is 14.0 Å². The van der Waals surface area contributed by atoms with Crippen LogP contribution in [0.3, 0.4) is 0 Å². The Morgan fingerprint density at radius 1 is 1.48 bits per heavy atom. The molecule has 1 unspecified atom stereocenters. The number of hydrogen-bond donors (Lipinski definition) is 2. The fourth-order valence-corrected chi connectivity index (χ4v) is 4.62. The second-order valence-corrected chi connectivity index (χ2v) is 7.53. The summed E-state index contributed by atoms with van der Waals surface area (Å²) in [4.78, 5) is 25.3. The Morgan fingerprint density at radius 3 is 2.87 bits per heavy atom. The average molecular weight is 397 g/mol. The molecule has 0 aromatic carbocycles. The number of rotatable bonds is 4. The maximum atomic E-state index is 12.3. The lowest BCUT2D eigenvalue weighted by molar-refractivity contribution is 0.0996. The number of amides is 2. The first kappa shape index (κ1) is 16.3. The molecule has 1 atom stereocenters. The van der Waals surface area contributed by atoms with E-state index in [9.17, 15) is 9.59 Å². The third-order valence-corrected chi connectivity index (χ3v) is 5.81. The molecule has 3 rings (SSSR count). The number of thiophene rings is 1. The van der Waals surface area contributed by atoms with Crippen LogP contribution in [-0.2, 0) is 12.8 Å². The normalized spacial score (nSPS) is 16.9. The number of hydrogen-bond acceptors (Lipinski definition) is 4. The molecule has 0 radical (unpaired) electrons. The SMILES string of the molecule is CCC1CCc2c(sc(NC(=O)c3ccc(Br)o3)c2C(N)=O)C1. The first-order valence-corrected chi connectivity index (χ1v) is 9.11. The molecule has 5 nitrogen and oxygen atoms in total. The molecule has 0 fully saturated rings. The van der Waals surface area contributed by atoms with Crippen molar-refractivity contribution in [3.8, 4) is 0 Å². The van der Waals surface area contributed by atoms with E-state index in [2.05, 4.69) is 28.2 Å². The van der Waals surface area contributed by atoms with E-state index in [4.69, 9.17) is 10.2 Å². The first-order chi connectivity index (χ1) is 11.0. The Labute approximate surface area is 146 Å². The number of anilines is 1. The molecule has 1 aliphatic rings. The lowest BCUT2D eigenvalue weighted by Crippen LogP contribution is -2.19. The molecule has 2 heterocycles. The van der Waals surface area contributed by atoms with Gasteiger partial charge in [0.1, 0.15) is 5.00 Å². The van der Waals surface area contributed by atoms with Crippen molar-refractivity contribution >= 4 is 44.1 Å². The summed E-state index contributed by atoms with van der Waals surface area (Å²) in [5, 5.41) is 3.30. The quantitative estimate of drug-likeness (QED) is 0.819. The molecule has 2 aromatic rings. The Bertz CT molecular complexity index is 765. The topological polar surface area (TPSA) is 85.3 Å². The molecule has 2 amide bonds. The van der Waals surface area contributed by atoms with Gasteiger partial charge in [0.2, 0.25) is 0 Å². The summed E-state index contributed by atoms with van der Waals surface area (Å²) in [5.74, 6) is -0.0613. The maximum absolute atomic E-state index is 12.3. The van der Waals surface area contributed by atoms with Crippen molar-refractivity contribution in [2.24, 2.45) is 11.7 Å². The van der Waals surface area contributed by atoms with Crippen LogP contribution in [-0.4, -0.2) is 11.8 Å². The van der Waals surface area contributed by atoms with Gasteiger partial charge in [0.05, 0.1) is 5.56 Å². The van der Waals surface area contributed by atoms with Gasteiger partial charge in [0.25, 0.3) is 11.8 Å². The minimum atomic E-state index is -0.492. The molecule has 0 saturated heterocycles. The summed E-state index contributed by atoms with van der Waals surface area (Å²) in [6.45, 7) is 2.18. The van der Waals surface area contributed by atoms with Crippen LogP contribution in [0, 0.1) is 5.92 Å². The van der Waals surface area contributed by atoms with Gasteiger partial charge in [-0.15, -0.1) is 11.3 Å². The predicted molar refractivity (Wildman–Crippen MR) is 93.0 cm³/mol. The van der Waals surface area contributed by atoms with E-state index in [1.54, 1.807) is 12.1 Å². The van der Waals surface area contributed by atoms with E-state index in [0.29, 0.717) is 21.2 Å². The van der Waals surface area contributed by atoms with Gasteiger partial charge in [0.15, 0.2) is 10.4 Å². The Balaban J connectivity index is 1.91. The van der Waals surface area contributed by atoms with Gasteiger partial charge < -0.3 is 15.5 Å². The van der Waals surface area contributed by atoms with Crippen LogP contribution in [0.5, 0.6) is 0 Å². The zero-order valence-corrected chi connectivity index (χ0v) is 15.1. The summed E-state index contributed by atoms with van der Waals surface area (Å²) in [6.07, 6.45) is 3.95. The Morgan fingerprint density at radius 2 is 2.26 bits per heavy atom. The van der Waals surface area contributed by atoms with Crippen LogP contribution in [0.4, 0.5) is 5.00 Å². The van der Waals surface area contributed by atoms with Crippen molar-refractivity contribution in [1.29, 1.82) is 0 Å². The molecule has 23 heavy (non-hydrogen) atoms. The molecular weight excluding hydrogens is 380 g/mol. The van der Waals surface area contributed by atoms with Gasteiger partial charge in [-0.1, -0.05) is 13.3 Å². The van der Waals surface area contributed by atoms with Crippen LogP contribution in [0.15, 0.2) is 21.2 Å². The summed E-state index contributed by atoms with van der Waals surface area (Å²) in [7, 11) is 0. The van der Waals surface area contributed by atoms with Crippen LogP contribution in [0.25, 0.3) is 0 Å². The summed E-state index contributed by atoms with van der Waals surface area (Å²) in [5.41, 5.74) is 7.01. The van der Waals surface area contributed by atoms with E-state index >= 15 is 0 Å². The molecule has 0 bridgehead atoms. The molecule has 0 saturated carbocycles. The van der Waals surface area contributed by atoms with E-state index in [1.165, 1.54) is 11.3 Å². The number of furan rings is 1. The summed E-state index contributed by atoms with van der Waals surface area (Å²) >= 11 is 4.62. The zero-order valence-electron chi connectivity index (χ0n) is 12.6. The highest BCUT2D eigenvalue weighted by molar-refractivity contribution is 9.10. The first-order valence-electron chi connectivity index (χ1n) is 7.50. The van der Waals surface area contributed by atoms with Gasteiger partial charge in [-0.05, 0) is 58.8 Å². The number of nitrogens with two attached hydrogens (primary N) is 1. The highest BCUT2D eigenvalue weighted by Gasteiger charge is 2.28. The Hall–Kier alpha value is -1.60. The molecular formula is C16H17BrN2O3S. The molecule has 2 aromatic heterocycles. The molecule has 0 aliphatic heterocycles. The lowest BCUT2D eigenvalue weighted by atomic mass is 9.85. The number of fused-ring (bicyclic) bond motifs is 1. The van der Waals surface area contributed by atoms with Crippen molar-refractivity contribution in [3.05, 3.63) is 38.6 Å². The van der Waals surface area contributed by atoms with Gasteiger partial charge in [-0.3, -0.25) is 9.59 Å². The molecule has 3 N–H and O–H groups in total. The highest BCUT2D eigenvalue weighted by Crippen LogP contribution is 2.40. The molecule has 7 heteroatoms. The minimum absolute atomic E-state index is 0.185. The lowest BCUT2D eigenvalue weighted by Gasteiger charge is -2.20. The van der Waals surface area contributed by atoms with Crippen molar-refractivity contribution in [1.82, 2.24) is 0 Å². The van der Waals surface area contributed by atoms with Crippen LogP contribution in [0.1, 0.15) is 51.1 Å². The number of carbonyl (C=O) groups is 2. The van der Waals surface area contributed by atoms with E-state index in [-0.39, 0.29) is 11.7 Å². The summed E-state index contributed by atoms with van der Waals surface area (Å²) < 4.78 is 5.73. The standard InChI is InChI=1S/C16H17BrN2O3S/c1-2-8-3-4-9-11(7-8)23-16(13(9)14(18)20)19-15(21)10-5-6-12(17)22-10/h5-6,8H,2-4,7H2,1H3,(H2,18,20)(H,19,21). The third kappa shape index (κ3) is 3.21. The fourth-order valence-electron chi connectivity index (χ4n) is 2.95. The molecule has 122 valence electrons. The highest BCUT2D eigenvalue weighted by atomic mass is 79.9. The van der Waals surface area contributed by atoms with Crippen molar-refractivity contribution in [3.63, 3.8) is 0 Å². The smallest absolute Gasteiger partial charge is 0.292 e. The van der Waals surface area contributed by atoms with E-state index in [1.807, 2.05) is 0 Å². The Kier molecular flexibility index (Phi) is 4.59. The van der Waals surface area contributed by atoms with E-state index < -0.39 is 5.91 Å². The molecule has 0 spiro atoms. The van der Waals surface area contributed by atoms with Crippen molar-refractivity contribution in [2.45, 2.75) is 32.6 Å². The maximum Gasteiger partial charge on any atom is 0.292 e. The predicted octanol–water partition coefficient (Wildman–Crippen LogP) is 3.97. The number of carbonyl (C=O) groups excluding carboxylic acids is 2.